The molecule has 0 spiro atoms. The lowest BCUT2D eigenvalue weighted by molar-refractivity contribution is -0.384. The van der Waals surface area contributed by atoms with Crippen LogP contribution in [0.4, 0.5) is 11.5 Å². The normalized spacial score (nSPS) is 14.4. The van der Waals surface area contributed by atoms with E-state index in [9.17, 15) is 10.1 Å². The van der Waals surface area contributed by atoms with Crippen LogP contribution in [-0.4, -0.2) is 20.7 Å². The van der Waals surface area contributed by atoms with Gasteiger partial charge in [-0.25, -0.2) is 0 Å². The van der Waals surface area contributed by atoms with Crippen molar-refractivity contribution in [2.24, 2.45) is 13.0 Å². The Balaban J connectivity index is 2.70. The molecule has 0 aliphatic rings. The minimum atomic E-state index is -0.411. The summed E-state index contributed by atoms with van der Waals surface area (Å²) in [6.07, 6.45) is 3.50. The first-order valence-corrected chi connectivity index (χ1v) is 5.88. The van der Waals surface area contributed by atoms with Gasteiger partial charge >= 0.3 is 5.69 Å². The Hall–Kier alpha value is -1.59. The number of hydrogen-bond acceptors (Lipinski definition) is 4. The number of aryl methyl sites for hydroxylation is 1. The van der Waals surface area contributed by atoms with Gasteiger partial charge in [0.25, 0.3) is 0 Å². The van der Waals surface area contributed by atoms with Crippen molar-refractivity contribution < 1.29 is 4.92 Å². The Labute approximate surface area is 101 Å². The highest BCUT2D eigenvalue weighted by atomic mass is 16.6. The molecule has 2 atom stereocenters. The van der Waals surface area contributed by atoms with E-state index >= 15 is 0 Å². The number of nitro groups is 1. The summed E-state index contributed by atoms with van der Waals surface area (Å²) in [6, 6.07) is 0.179. The third kappa shape index (κ3) is 3.72. The molecule has 1 heterocycles. The first kappa shape index (κ1) is 13.5. The highest BCUT2D eigenvalue weighted by Crippen LogP contribution is 2.23. The zero-order valence-electron chi connectivity index (χ0n) is 10.8. The van der Waals surface area contributed by atoms with Gasteiger partial charge in [-0.15, -0.1) is 5.10 Å². The smallest absolute Gasteiger partial charge is 0.330 e. The molecule has 0 radical (unpaired) electrons. The van der Waals surface area contributed by atoms with Crippen molar-refractivity contribution in [3.05, 3.63) is 16.3 Å². The molecule has 1 aromatic rings. The minimum Gasteiger partial charge on any atom is -0.360 e. The lowest BCUT2D eigenvalue weighted by Crippen LogP contribution is -2.19. The average Bonchev–Trinajstić information content (AvgIpc) is 2.59. The molecule has 6 nitrogen and oxygen atoms in total. The summed E-state index contributed by atoms with van der Waals surface area (Å²) in [4.78, 5) is 10.4. The number of nitrogens with one attached hydrogen (secondary N) is 1. The van der Waals surface area contributed by atoms with Crippen LogP contribution in [0.5, 0.6) is 0 Å². The molecule has 6 heteroatoms. The molecule has 0 saturated carbocycles. The fraction of sp³-hybridized carbons (Fsp3) is 0.727. The SMILES string of the molecule is CCC(C)CC(C)Nc1nn(C)cc1[N+](=O)[O-]. The van der Waals surface area contributed by atoms with Crippen LogP contribution >= 0.6 is 0 Å². The van der Waals surface area contributed by atoms with Crippen LogP contribution in [0.15, 0.2) is 6.20 Å². The summed E-state index contributed by atoms with van der Waals surface area (Å²) >= 11 is 0. The van der Waals surface area contributed by atoms with Gasteiger partial charge in [0.1, 0.15) is 6.20 Å². The van der Waals surface area contributed by atoms with E-state index < -0.39 is 4.92 Å². The summed E-state index contributed by atoms with van der Waals surface area (Å²) < 4.78 is 1.45. The molecular weight excluding hydrogens is 220 g/mol. The Morgan fingerprint density at radius 2 is 2.24 bits per heavy atom. The van der Waals surface area contributed by atoms with Crippen molar-refractivity contribution in [1.29, 1.82) is 0 Å². The van der Waals surface area contributed by atoms with Gasteiger partial charge in [0.15, 0.2) is 0 Å². The van der Waals surface area contributed by atoms with E-state index in [0.717, 1.165) is 12.8 Å². The third-order valence-corrected chi connectivity index (χ3v) is 2.84. The van der Waals surface area contributed by atoms with Gasteiger partial charge in [0.2, 0.25) is 5.82 Å². The van der Waals surface area contributed by atoms with E-state index in [0.29, 0.717) is 11.7 Å². The first-order chi connectivity index (χ1) is 7.93. The van der Waals surface area contributed by atoms with E-state index in [1.165, 1.54) is 10.9 Å². The van der Waals surface area contributed by atoms with Crippen LogP contribution in [0.1, 0.15) is 33.6 Å². The third-order valence-electron chi connectivity index (χ3n) is 2.84. The van der Waals surface area contributed by atoms with Crippen molar-refractivity contribution in [3.8, 4) is 0 Å². The highest BCUT2D eigenvalue weighted by Gasteiger charge is 2.20. The zero-order valence-corrected chi connectivity index (χ0v) is 10.8. The van der Waals surface area contributed by atoms with Gasteiger partial charge in [-0.2, -0.15) is 0 Å². The molecule has 0 amide bonds. The first-order valence-electron chi connectivity index (χ1n) is 5.88. The number of rotatable bonds is 6. The fourth-order valence-corrected chi connectivity index (χ4v) is 1.77. The van der Waals surface area contributed by atoms with E-state index in [-0.39, 0.29) is 11.7 Å². The zero-order chi connectivity index (χ0) is 13.0. The largest absolute Gasteiger partial charge is 0.360 e. The van der Waals surface area contributed by atoms with E-state index in [2.05, 4.69) is 24.3 Å². The fourth-order valence-electron chi connectivity index (χ4n) is 1.77. The van der Waals surface area contributed by atoms with Crippen molar-refractivity contribution in [2.75, 3.05) is 5.32 Å². The van der Waals surface area contributed by atoms with Crippen LogP contribution in [0.3, 0.4) is 0 Å². The van der Waals surface area contributed by atoms with Crippen LogP contribution in [0.25, 0.3) is 0 Å². The molecule has 0 fully saturated rings. The van der Waals surface area contributed by atoms with Gasteiger partial charge in [0, 0.05) is 13.1 Å². The lowest BCUT2D eigenvalue weighted by Gasteiger charge is -2.16. The van der Waals surface area contributed by atoms with Gasteiger partial charge in [0.05, 0.1) is 4.92 Å². The summed E-state index contributed by atoms with van der Waals surface area (Å²) in [5, 5.41) is 18.0. The maximum Gasteiger partial charge on any atom is 0.330 e. The second-order valence-electron chi connectivity index (χ2n) is 4.59. The Kier molecular flexibility index (Phi) is 4.48. The van der Waals surface area contributed by atoms with Gasteiger partial charge in [-0.1, -0.05) is 20.3 Å². The minimum absolute atomic E-state index is 0.0310. The van der Waals surface area contributed by atoms with E-state index in [1.807, 2.05) is 6.92 Å². The number of hydrogen-bond donors (Lipinski definition) is 1. The van der Waals surface area contributed by atoms with E-state index in [4.69, 9.17) is 0 Å². The number of nitrogens with zero attached hydrogens (tertiary/aromatic N) is 3. The molecule has 96 valence electrons. The summed E-state index contributed by atoms with van der Waals surface area (Å²) in [7, 11) is 1.68. The molecule has 1 rings (SSSR count). The highest BCUT2D eigenvalue weighted by molar-refractivity contribution is 5.54. The topological polar surface area (TPSA) is 73.0 Å². The molecule has 0 saturated heterocycles. The molecule has 1 N–H and O–H groups in total. The average molecular weight is 240 g/mol. The molecule has 17 heavy (non-hydrogen) atoms. The molecule has 2 unspecified atom stereocenters. The number of anilines is 1. The Morgan fingerprint density at radius 1 is 1.59 bits per heavy atom. The van der Waals surface area contributed by atoms with E-state index in [1.54, 1.807) is 7.05 Å². The van der Waals surface area contributed by atoms with Crippen LogP contribution in [0, 0.1) is 16.0 Å². The van der Waals surface area contributed by atoms with Crippen molar-refractivity contribution in [1.82, 2.24) is 9.78 Å². The predicted molar refractivity (Wildman–Crippen MR) is 67.0 cm³/mol. The second kappa shape index (κ2) is 5.65. The van der Waals surface area contributed by atoms with Gasteiger partial charge in [-0.3, -0.25) is 14.8 Å². The maximum atomic E-state index is 10.8. The van der Waals surface area contributed by atoms with Gasteiger partial charge < -0.3 is 5.32 Å². The van der Waals surface area contributed by atoms with Crippen molar-refractivity contribution in [3.63, 3.8) is 0 Å². The lowest BCUT2D eigenvalue weighted by atomic mass is 10.0. The van der Waals surface area contributed by atoms with Crippen molar-refractivity contribution in [2.45, 2.75) is 39.7 Å². The molecule has 0 aliphatic carbocycles. The Bertz CT molecular complexity index is 389. The Morgan fingerprint density at radius 3 is 2.76 bits per heavy atom. The molecule has 1 aromatic heterocycles. The quantitative estimate of drug-likeness (QED) is 0.612. The predicted octanol–water partition coefficient (Wildman–Crippen LogP) is 2.56. The molecule has 0 aromatic carbocycles. The number of aromatic nitrogens is 2. The molecule has 0 aliphatic heterocycles. The summed E-state index contributed by atoms with van der Waals surface area (Å²) in [6.45, 7) is 6.33. The van der Waals surface area contributed by atoms with Crippen LogP contribution in [-0.2, 0) is 7.05 Å². The standard InChI is InChI=1S/C11H20N4O2/c1-5-8(2)6-9(3)12-11-10(15(16)17)7-14(4)13-11/h7-9H,5-6H2,1-4H3,(H,12,13). The summed E-state index contributed by atoms with van der Waals surface area (Å²) in [5.41, 5.74) is 0.0310. The second-order valence-corrected chi connectivity index (χ2v) is 4.59. The van der Waals surface area contributed by atoms with Gasteiger partial charge in [-0.05, 0) is 19.3 Å². The monoisotopic (exact) mass is 240 g/mol. The summed E-state index contributed by atoms with van der Waals surface area (Å²) in [5.74, 6) is 0.952. The maximum absolute atomic E-state index is 10.8. The van der Waals surface area contributed by atoms with Crippen LogP contribution in [0.2, 0.25) is 0 Å². The molecular formula is C11H20N4O2. The van der Waals surface area contributed by atoms with Crippen LogP contribution < -0.4 is 5.32 Å². The molecule has 0 bridgehead atoms. The van der Waals surface area contributed by atoms with Crippen molar-refractivity contribution >= 4 is 11.5 Å².